The van der Waals surface area contributed by atoms with Gasteiger partial charge in [-0.05, 0) is 80.9 Å². The number of carbonyl (C=O) groups is 2. The summed E-state index contributed by atoms with van der Waals surface area (Å²) in [5.74, 6) is -1.19. The topological polar surface area (TPSA) is 51.5 Å². The van der Waals surface area contributed by atoms with Crippen molar-refractivity contribution in [1.82, 2.24) is 4.57 Å². The summed E-state index contributed by atoms with van der Waals surface area (Å²) in [5, 5.41) is 0. The van der Waals surface area contributed by atoms with Gasteiger partial charge in [0.1, 0.15) is 5.82 Å². The highest BCUT2D eigenvalue weighted by atomic mass is 79.9. The van der Waals surface area contributed by atoms with Crippen LogP contribution in [-0.4, -0.2) is 23.6 Å². The lowest BCUT2D eigenvalue weighted by molar-refractivity contribution is -0.136. The van der Waals surface area contributed by atoms with E-state index in [9.17, 15) is 14.0 Å². The number of methoxy groups -OCH3 is 1. The van der Waals surface area contributed by atoms with Crippen LogP contribution in [0.25, 0.3) is 11.8 Å². The van der Waals surface area contributed by atoms with E-state index in [-0.39, 0.29) is 22.9 Å². The first-order chi connectivity index (χ1) is 15.7. The van der Waals surface area contributed by atoms with Crippen molar-refractivity contribution >= 4 is 39.6 Å². The largest absolute Gasteiger partial charge is 0.465 e. The fraction of sp³-hybridized carbons (Fsp3) is 0.154. The molecular formula is C26H22BrFN2O3. The second-order valence-corrected chi connectivity index (χ2v) is 8.68. The number of halogens is 2. The molecule has 168 valence electrons. The Morgan fingerprint density at radius 1 is 1.03 bits per heavy atom. The van der Waals surface area contributed by atoms with E-state index in [1.807, 2.05) is 48.7 Å². The molecule has 4 rings (SSSR count). The standard InChI is InChI=1S/C26H22BrFN2O3/c1-15-12-18(16(2)29(15)21-10-8-20(28)9-11-21)13-23-24(26(32)33-4)17(3)30(25(23)31)22-7-5-6-19(27)14-22/h5-14H,1-4H3/b23-13-. The number of nitrogens with zero attached hydrogens (tertiary/aromatic N) is 2. The molecule has 1 aromatic heterocycles. The van der Waals surface area contributed by atoms with Gasteiger partial charge in [0.2, 0.25) is 0 Å². The van der Waals surface area contributed by atoms with Crippen molar-refractivity contribution in [2.24, 2.45) is 0 Å². The van der Waals surface area contributed by atoms with E-state index in [0.29, 0.717) is 11.4 Å². The van der Waals surface area contributed by atoms with Crippen molar-refractivity contribution < 1.29 is 18.7 Å². The van der Waals surface area contributed by atoms with Gasteiger partial charge in [0, 0.05) is 27.2 Å². The molecule has 33 heavy (non-hydrogen) atoms. The molecule has 0 aliphatic carbocycles. The molecule has 0 saturated carbocycles. The molecule has 0 bridgehead atoms. The molecular weight excluding hydrogens is 487 g/mol. The van der Waals surface area contributed by atoms with Crippen LogP contribution in [0.15, 0.2) is 75.9 Å². The zero-order chi connectivity index (χ0) is 23.9. The van der Waals surface area contributed by atoms with Crippen molar-refractivity contribution in [2.45, 2.75) is 20.8 Å². The van der Waals surface area contributed by atoms with Crippen LogP contribution in [0.1, 0.15) is 23.9 Å². The number of hydrogen-bond acceptors (Lipinski definition) is 3. The summed E-state index contributed by atoms with van der Waals surface area (Å²) in [6, 6.07) is 15.5. The maximum Gasteiger partial charge on any atom is 0.340 e. The van der Waals surface area contributed by atoms with Crippen LogP contribution >= 0.6 is 15.9 Å². The summed E-state index contributed by atoms with van der Waals surface area (Å²) in [7, 11) is 1.30. The third-order valence-corrected chi connectivity index (χ3v) is 6.20. The molecule has 0 fully saturated rings. The maximum absolute atomic E-state index is 13.5. The highest BCUT2D eigenvalue weighted by Crippen LogP contribution is 2.37. The van der Waals surface area contributed by atoms with Gasteiger partial charge in [-0.2, -0.15) is 0 Å². The fourth-order valence-corrected chi connectivity index (χ4v) is 4.57. The molecule has 1 aliphatic heterocycles. The number of ether oxygens (including phenoxy) is 1. The van der Waals surface area contributed by atoms with Gasteiger partial charge in [0.25, 0.3) is 5.91 Å². The van der Waals surface area contributed by atoms with E-state index < -0.39 is 5.97 Å². The van der Waals surface area contributed by atoms with E-state index in [2.05, 4.69) is 15.9 Å². The minimum atomic E-state index is -0.572. The predicted molar refractivity (Wildman–Crippen MR) is 130 cm³/mol. The first-order valence-corrected chi connectivity index (χ1v) is 11.1. The SMILES string of the molecule is COC(=O)C1=C(C)N(c2cccc(Br)c2)C(=O)/C1=C\c1cc(C)n(-c2ccc(F)cc2)c1C. The van der Waals surface area contributed by atoms with Gasteiger partial charge in [0.15, 0.2) is 0 Å². The van der Waals surface area contributed by atoms with Crippen LogP contribution in [0.3, 0.4) is 0 Å². The molecule has 0 spiro atoms. The average molecular weight is 509 g/mol. The zero-order valence-corrected chi connectivity index (χ0v) is 20.2. The second kappa shape index (κ2) is 8.83. The van der Waals surface area contributed by atoms with Gasteiger partial charge in [-0.3, -0.25) is 9.69 Å². The quantitative estimate of drug-likeness (QED) is 0.327. The van der Waals surface area contributed by atoms with Gasteiger partial charge in [-0.25, -0.2) is 9.18 Å². The Kier molecular flexibility index (Phi) is 6.08. The number of esters is 1. The lowest BCUT2D eigenvalue weighted by Crippen LogP contribution is -2.24. The molecule has 0 radical (unpaired) electrons. The number of amides is 1. The van der Waals surface area contributed by atoms with E-state index in [1.165, 1.54) is 24.1 Å². The van der Waals surface area contributed by atoms with Crippen molar-refractivity contribution in [3.8, 4) is 5.69 Å². The first kappa shape index (κ1) is 22.7. The molecule has 3 aromatic rings. The van der Waals surface area contributed by atoms with Crippen molar-refractivity contribution in [1.29, 1.82) is 0 Å². The number of allylic oxidation sites excluding steroid dienone is 1. The number of aryl methyl sites for hydroxylation is 1. The molecule has 1 aliphatic rings. The van der Waals surface area contributed by atoms with E-state index in [4.69, 9.17) is 4.74 Å². The summed E-state index contributed by atoms with van der Waals surface area (Å²) in [6.45, 7) is 5.58. The third-order valence-electron chi connectivity index (χ3n) is 5.71. The lowest BCUT2D eigenvalue weighted by atomic mass is 10.0. The molecule has 2 aromatic carbocycles. The molecule has 0 saturated heterocycles. The molecule has 5 nitrogen and oxygen atoms in total. The number of benzene rings is 2. The average Bonchev–Trinajstić information content (AvgIpc) is 3.20. The minimum Gasteiger partial charge on any atom is -0.465 e. The maximum atomic E-state index is 13.5. The number of hydrogen-bond donors (Lipinski definition) is 0. The second-order valence-electron chi connectivity index (χ2n) is 7.77. The Morgan fingerprint density at radius 2 is 1.73 bits per heavy atom. The lowest BCUT2D eigenvalue weighted by Gasteiger charge is -2.18. The molecule has 2 heterocycles. The summed E-state index contributed by atoms with van der Waals surface area (Å²) in [4.78, 5) is 27.7. The number of rotatable bonds is 4. The Balaban J connectivity index is 1.85. The normalized spacial score (nSPS) is 15.0. The molecule has 7 heteroatoms. The van der Waals surface area contributed by atoms with E-state index in [0.717, 1.165) is 27.1 Å². The zero-order valence-electron chi connectivity index (χ0n) is 18.6. The van der Waals surface area contributed by atoms with Crippen LogP contribution in [-0.2, 0) is 14.3 Å². The van der Waals surface area contributed by atoms with Gasteiger partial charge in [-0.15, -0.1) is 0 Å². The van der Waals surface area contributed by atoms with Crippen molar-refractivity contribution in [3.05, 3.63) is 98.7 Å². The van der Waals surface area contributed by atoms with Crippen LogP contribution in [0, 0.1) is 19.7 Å². The summed E-state index contributed by atoms with van der Waals surface area (Å²) < 4.78 is 21.2. The molecule has 0 atom stereocenters. The van der Waals surface area contributed by atoms with Crippen LogP contribution in [0.2, 0.25) is 0 Å². The minimum absolute atomic E-state index is 0.231. The number of anilines is 1. The van der Waals surface area contributed by atoms with Crippen LogP contribution < -0.4 is 4.90 Å². The van der Waals surface area contributed by atoms with Crippen LogP contribution in [0.5, 0.6) is 0 Å². The summed E-state index contributed by atoms with van der Waals surface area (Å²) in [5.41, 5.74) is 5.02. The Morgan fingerprint density at radius 3 is 2.36 bits per heavy atom. The Bertz CT molecular complexity index is 1340. The molecule has 0 N–H and O–H groups in total. The molecule has 0 unspecified atom stereocenters. The van der Waals surface area contributed by atoms with E-state index >= 15 is 0 Å². The van der Waals surface area contributed by atoms with Gasteiger partial charge >= 0.3 is 5.97 Å². The number of carbonyl (C=O) groups excluding carboxylic acids is 2. The first-order valence-electron chi connectivity index (χ1n) is 10.3. The highest BCUT2D eigenvalue weighted by molar-refractivity contribution is 9.10. The third kappa shape index (κ3) is 4.04. The molecule has 1 amide bonds. The Labute approximate surface area is 199 Å². The van der Waals surface area contributed by atoms with Crippen LogP contribution in [0.4, 0.5) is 10.1 Å². The van der Waals surface area contributed by atoms with Gasteiger partial charge in [-0.1, -0.05) is 22.0 Å². The monoisotopic (exact) mass is 508 g/mol. The smallest absolute Gasteiger partial charge is 0.340 e. The highest BCUT2D eigenvalue weighted by Gasteiger charge is 2.38. The van der Waals surface area contributed by atoms with Gasteiger partial charge in [0.05, 0.1) is 23.9 Å². The predicted octanol–water partition coefficient (Wildman–Crippen LogP) is 5.87. The van der Waals surface area contributed by atoms with Crippen molar-refractivity contribution in [2.75, 3.05) is 12.0 Å². The number of aromatic nitrogens is 1. The van der Waals surface area contributed by atoms with Crippen molar-refractivity contribution in [3.63, 3.8) is 0 Å². The van der Waals surface area contributed by atoms with Gasteiger partial charge < -0.3 is 9.30 Å². The summed E-state index contributed by atoms with van der Waals surface area (Å²) >= 11 is 3.44. The Hall–Kier alpha value is -3.45. The summed E-state index contributed by atoms with van der Waals surface area (Å²) in [6.07, 6.45) is 1.72. The fourth-order valence-electron chi connectivity index (χ4n) is 4.18. The van der Waals surface area contributed by atoms with E-state index in [1.54, 1.807) is 25.1 Å².